The van der Waals surface area contributed by atoms with Crippen molar-refractivity contribution in [2.45, 2.75) is 26.3 Å². The summed E-state index contributed by atoms with van der Waals surface area (Å²) in [6, 6.07) is 8.29. The van der Waals surface area contributed by atoms with Gasteiger partial charge in [0.05, 0.1) is 6.61 Å². The second kappa shape index (κ2) is 10.7. The molecule has 28 heavy (non-hydrogen) atoms. The Labute approximate surface area is 170 Å². The molecule has 1 aromatic carbocycles. The molecule has 1 saturated heterocycles. The number of nitrogens with zero attached hydrogens (tertiary/aromatic N) is 3. The van der Waals surface area contributed by atoms with Crippen LogP contribution in [0.3, 0.4) is 0 Å². The van der Waals surface area contributed by atoms with Crippen LogP contribution in [-0.2, 0) is 6.54 Å². The Bertz CT molecular complexity index is 623. The van der Waals surface area contributed by atoms with E-state index < -0.39 is 0 Å². The highest BCUT2D eigenvalue weighted by molar-refractivity contribution is 5.79. The van der Waals surface area contributed by atoms with E-state index in [1.807, 2.05) is 13.1 Å². The lowest BCUT2D eigenvalue weighted by Crippen LogP contribution is -2.47. The lowest BCUT2D eigenvalue weighted by Gasteiger charge is -2.34. The Kier molecular flexibility index (Phi) is 7.98. The minimum atomic E-state index is 0.580. The van der Waals surface area contributed by atoms with E-state index in [-0.39, 0.29) is 0 Å². The predicted molar refractivity (Wildman–Crippen MR) is 116 cm³/mol. The lowest BCUT2D eigenvalue weighted by atomic mass is 10.1. The molecule has 2 fully saturated rings. The number of rotatable bonds is 9. The first kappa shape index (κ1) is 20.9. The molecule has 1 atom stereocenters. The summed E-state index contributed by atoms with van der Waals surface area (Å²) in [7, 11) is 4.03. The number of ether oxygens (including phenoxy) is 1. The lowest BCUT2D eigenvalue weighted by molar-refractivity contribution is 0.139. The van der Waals surface area contributed by atoms with Gasteiger partial charge < -0.3 is 25.2 Å². The minimum absolute atomic E-state index is 0.580. The van der Waals surface area contributed by atoms with Gasteiger partial charge in [0.2, 0.25) is 0 Å². The number of benzene rings is 1. The molecule has 0 spiro atoms. The summed E-state index contributed by atoms with van der Waals surface area (Å²) in [6.45, 7) is 10.6. The quantitative estimate of drug-likeness (QED) is 0.502. The van der Waals surface area contributed by atoms with Crippen molar-refractivity contribution in [3.8, 4) is 5.75 Å². The molecule has 2 N–H and O–H groups in total. The Morgan fingerprint density at radius 3 is 2.64 bits per heavy atom. The molecule has 0 radical (unpaired) electrons. The van der Waals surface area contributed by atoms with Crippen LogP contribution in [-0.4, -0.2) is 75.7 Å². The summed E-state index contributed by atoms with van der Waals surface area (Å²) in [5.74, 6) is 3.18. The zero-order chi connectivity index (χ0) is 19.8. The standard InChI is InChI=1S/C22H37N5O/c1-18(16-27-12-10-26(3)11-13-27)14-24-22(23-2)25-15-20-6-4-5-7-21(20)28-17-19-8-9-19/h4-7,18-19H,8-17H2,1-3H3,(H2,23,24,25). The Morgan fingerprint density at radius 1 is 1.18 bits per heavy atom. The first-order valence-corrected chi connectivity index (χ1v) is 10.7. The van der Waals surface area contributed by atoms with Crippen LogP contribution < -0.4 is 15.4 Å². The van der Waals surface area contributed by atoms with Crippen molar-refractivity contribution in [1.29, 1.82) is 0 Å². The van der Waals surface area contributed by atoms with Crippen molar-refractivity contribution < 1.29 is 4.74 Å². The maximum atomic E-state index is 6.01. The van der Waals surface area contributed by atoms with Gasteiger partial charge >= 0.3 is 0 Å². The number of piperazine rings is 1. The summed E-state index contributed by atoms with van der Waals surface area (Å²) < 4.78 is 6.01. The van der Waals surface area contributed by atoms with Gasteiger partial charge in [0.25, 0.3) is 0 Å². The van der Waals surface area contributed by atoms with Gasteiger partial charge in [-0.1, -0.05) is 25.1 Å². The molecule has 0 bridgehead atoms. The third-order valence-electron chi connectivity index (χ3n) is 5.60. The van der Waals surface area contributed by atoms with Gasteiger partial charge in [-0.25, -0.2) is 0 Å². The zero-order valence-electron chi connectivity index (χ0n) is 17.8. The van der Waals surface area contributed by atoms with Gasteiger partial charge in [0.15, 0.2) is 5.96 Å². The van der Waals surface area contributed by atoms with Gasteiger partial charge in [-0.15, -0.1) is 0 Å². The number of hydrogen-bond acceptors (Lipinski definition) is 4. The van der Waals surface area contributed by atoms with Gasteiger partial charge in [0, 0.05) is 58.4 Å². The smallest absolute Gasteiger partial charge is 0.191 e. The average molecular weight is 388 g/mol. The second-order valence-corrected chi connectivity index (χ2v) is 8.38. The number of hydrogen-bond donors (Lipinski definition) is 2. The molecule has 0 aromatic heterocycles. The molecule has 6 nitrogen and oxygen atoms in total. The van der Waals surface area contributed by atoms with Crippen molar-refractivity contribution in [1.82, 2.24) is 20.4 Å². The normalized spacial score (nSPS) is 20.0. The third kappa shape index (κ3) is 6.99. The minimum Gasteiger partial charge on any atom is -0.493 e. The van der Waals surface area contributed by atoms with E-state index in [9.17, 15) is 0 Å². The first-order chi connectivity index (χ1) is 13.6. The van der Waals surface area contributed by atoms with Gasteiger partial charge in [0.1, 0.15) is 5.75 Å². The SMILES string of the molecule is CN=C(NCc1ccccc1OCC1CC1)NCC(C)CN1CCN(C)CC1. The predicted octanol–water partition coefficient (Wildman–Crippen LogP) is 2.02. The van der Waals surface area contributed by atoms with E-state index in [1.54, 1.807) is 0 Å². The van der Waals surface area contributed by atoms with Crippen LogP contribution in [0.25, 0.3) is 0 Å². The Hall–Kier alpha value is -1.79. The second-order valence-electron chi connectivity index (χ2n) is 8.38. The molecule has 1 aliphatic heterocycles. The van der Waals surface area contributed by atoms with E-state index in [0.717, 1.165) is 37.3 Å². The summed E-state index contributed by atoms with van der Waals surface area (Å²) in [5, 5.41) is 6.91. The summed E-state index contributed by atoms with van der Waals surface area (Å²) in [4.78, 5) is 9.34. The van der Waals surface area contributed by atoms with Gasteiger partial charge in [-0.05, 0) is 37.8 Å². The van der Waals surface area contributed by atoms with Crippen molar-refractivity contribution in [3.63, 3.8) is 0 Å². The fourth-order valence-electron chi connectivity index (χ4n) is 3.49. The van der Waals surface area contributed by atoms with Crippen LogP contribution in [0, 0.1) is 11.8 Å². The monoisotopic (exact) mass is 387 g/mol. The van der Waals surface area contributed by atoms with Crippen LogP contribution in [0.15, 0.2) is 29.3 Å². The summed E-state index contributed by atoms with van der Waals surface area (Å²) in [6.07, 6.45) is 2.62. The van der Waals surface area contributed by atoms with Crippen LogP contribution in [0.5, 0.6) is 5.75 Å². The Morgan fingerprint density at radius 2 is 1.93 bits per heavy atom. The number of guanidine groups is 1. The van der Waals surface area contributed by atoms with Crippen LogP contribution in [0.1, 0.15) is 25.3 Å². The van der Waals surface area contributed by atoms with Crippen LogP contribution in [0.4, 0.5) is 0 Å². The van der Waals surface area contributed by atoms with E-state index in [4.69, 9.17) is 4.74 Å². The largest absolute Gasteiger partial charge is 0.493 e. The van der Waals surface area contributed by atoms with Crippen LogP contribution >= 0.6 is 0 Å². The van der Waals surface area contributed by atoms with Gasteiger partial charge in [-0.2, -0.15) is 0 Å². The maximum absolute atomic E-state index is 6.01. The average Bonchev–Trinajstić information content (AvgIpc) is 3.53. The maximum Gasteiger partial charge on any atom is 0.191 e. The van der Waals surface area contributed by atoms with Crippen molar-refractivity contribution >= 4 is 5.96 Å². The van der Waals surface area contributed by atoms with E-state index in [1.165, 1.54) is 44.6 Å². The highest BCUT2D eigenvalue weighted by Gasteiger charge is 2.22. The van der Waals surface area contributed by atoms with Crippen molar-refractivity contribution in [2.24, 2.45) is 16.8 Å². The molecule has 1 unspecified atom stereocenters. The van der Waals surface area contributed by atoms with E-state index in [2.05, 4.69) is 57.6 Å². The van der Waals surface area contributed by atoms with E-state index >= 15 is 0 Å². The molecular formula is C22H37N5O. The molecule has 1 saturated carbocycles. The molecule has 0 amide bonds. The zero-order valence-corrected chi connectivity index (χ0v) is 17.8. The number of para-hydroxylation sites is 1. The summed E-state index contributed by atoms with van der Waals surface area (Å²) >= 11 is 0. The highest BCUT2D eigenvalue weighted by atomic mass is 16.5. The fourth-order valence-corrected chi connectivity index (χ4v) is 3.49. The van der Waals surface area contributed by atoms with Crippen molar-refractivity contribution in [2.75, 3.05) is 60.0 Å². The number of likely N-dealkylation sites (N-methyl/N-ethyl adjacent to an activating group) is 1. The summed E-state index contributed by atoms with van der Waals surface area (Å²) in [5.41, 5.74) is 1.18. The first-order valence-electron chi connectivity index (χ1n) is 10.7. The van der Waals surface area contributed by atoms with Gasteiger partial charge in [-0.3, -0.25) is 4.99 Å². The molecule has 1 heterocycles. The molecule has 156 valence electrons. The fraction of sp³-hybridized carbons (Fsp3) is 0.682. The molecule has 1 aromatic rings. The van der Waals surface area contributed by atoms with Crippen molar-refractivity contribution in [3.05, 3.63) is 29.8 Å². The highest BCUT2D eigenvalue weighted by Crippen LogP contribution is 2.30. The van der Waals surface area contributed by atoms with Crippen LogP contribution in [0.2, 0.25) is 0 Å². The molecule has 6 heteroatoms. The molecule has 2 aliphatic rings. The van der Waals surface area contributed by atoms with E-state index in [0.29, 0.717) is 12.5 Å². The molecule has 1 aliphatic carbocycles. The third-order valence-corrected chi connectivity index (χ3v) is 5.60. The molecular weight excluding hydrogens is 350 g/mol. The molecule has 3 rings (SSSR count). The Balaban J connectivity index is 1.39. The number of nitrogens with one attached hydrogen (secondary N) is 2. The topological polar surface area (TPSA) is 52.1 Å². The number of aliphatic imine (C=N–C) groups is 1.